The summed E-state index contributed by atoms with van der Waals surface area (Å²) in [4.78, 5) is 14.3. The summed E-state index contributed by atoms with van der Waals surface area (Å²) in [5.74, 6) is 0.151. The van der Waals surface area contributed by atoms with Crippen LogP contribution in [0.4, 0.5) is 0 Å². The number of nitrogens with zero attached hydrogens (tertiary/aromatic N) is 1. The van der Waals surface area contributed by atoms with Gasteiger partial charge in [0.1, 0.15) is 0 Å². The van der Waals surface area contributed by atoms with E-state index in [0.717, 1.165) is 25.9 Å². The predicted molar refractivity (Wildman–Crippen MR) is 84.9 cm³/mol. The van der Waals surface area contributed by atoms with Crippen LogP contribution in [0.25, 0.3) is 0 Å². The zero-order valence-electron chi connectivity index (χ0n) is 13.7. The third-order valence-electron chi connectivity index (χ3n) is 4.13. The molecule has 4 heteroatoms. The number of carbonyl (C=O) groups is 1. The molecule has 0 atom stereocenters. The van der Waals surface area contributed by atoms with E-state index in [9.17, 15) is 4.79 Å². The van der Waals surface area contributed by atoms with Gasteiger partial charge in [-0.2, -0.15) is 0 Å². The molecule has 1 saturated carbocycles. The molecule has 1 fully saturated rings. The van der Waals surface area contributed by atoms with E-state index in [1.54, 1.807) is 0 Å². The van der Waals surface area contributed by atoms with Gasteiger partial charge in [-0.3, -0.25) is 9.69 Å². The molecule has 1 aliphatic rings. The molecular formula is C16H33N3O. The van der Waals surface area contributed by atoms with Crippen LogP contribution in [-0.4, -0.2) is 48.6 Å². The molecule has 2 N–H and O–H groups in total. The van der Waals surface area contributed by atoms with Gasteiger partial charge >= 0.3 is 0 Å². The van der Waals surface area contributed by atoms with Crippen LogP contribution < -0.4 is 10.6 Å². The standard InChI is InChI=1S/C16H33N3O/c1-13(2)19(14(3)4)11-10-17-12-16(20)18-15-8-6-5-7-9-15/h13-15,17H,5-12H2,1-4H3,(H,18,20). The molecule has 0 aromatic rings. The molecule has 1 aliphatic carbocycles. The highest BCUT2D eigenvalue weighted by Gasteiger charge is 2.16. The van der Waals surface area contributed by atoms with Crippen molar-refractivity contribution >= 4 is 5.91 Å². The van der Waals surface area contributed by atoms with Gasteiger partial charge in [-0.25, -0.2) is 0 Å². The molecule has 0 radical (unpaired) electrons. The highest BCUT2D eigenvalue weighted by atomic mass is 16.1. The fourth-order valence-corrected chi connectivity index (χ4v) is 3.05. The molecule has 0 aliphatic heterocycles. The number of amides is 1. The van der Waals surface area contributed by atoms with Crippen molar-refractivity contribution in [2.75, 3.05) is 19.6 Å². The van der Waals surface area contributed by atoms with Gasteiger partial charge in [-0.15, -0.1) is 0 Å². The van der Waals surface area contributed by atoms with Crippen LogP contribution in [0.3, 0.4) is 0 Å². The topological polar surface area (TPSA) is 44.4 Å². The third-order valence-corrected chi connectivity index (χ3v) is 4.13. The fourth-order valence-electron chi connectivity index (χ4n) is 3.05. The Morgan fingerprint density at radius 3 is 2.25 bits per heavy atom. The van der Waals surface area contributed by atoms with Gasteiger partial charge in [-0.05, 0) is 40.5 Å². The molecule has 0 aromatic heterocycles. The lowest BCUT2D eigenvalue weighted by Gasteiger charge is -2.30. The van der Waals surface area contributed by atoms with Crippen LogP contribution in [0.5, 0.6) is 0 Å². The molecule has 0 heterocycles. The van der Waals surface area contributed by atoms with E-state index in [2.05, 4.69) is 43.2 Å². The molecule has 20 heavy (non-hydrogen) atoms. The Kier molecular flexibility index (Phi) is 8.15. The molecule has 118 valence electrons. The summed E-state index contributed by atoms with van der Waals surface area (Å²) in [6.45, 7) is 11.2. The minimum absolute atomic E-state index is 0.151. The number of hydrogen-bond acceptors (Lipinski definition) is 3. The Morgan fingerprint density at radius 2 is 1.70 bits per heavy atom. The maximum Gasteiger partial charge on any atom is 0.234 e. The van der Waals surface area contributed by atoms with Crippen molar-refractivity contribution in [1.82, 2.24) is 15.5 Å². The largest absolute Gasteiger partial charge is 0.352 e. The van der Waals surface area contributed by atoms with Gasteiger partial charge in [0.15, 0.2) is 0 Å². The Labute approximate surface area is 124 Å². The summed E-state index contributed by atoms with van der Waals surface area (Å²) in [5, 5.41) is 6.40. The molecule has 0 bridgehead atoms. The monoisotopic (exact) mass is 283 g/mol. The van der Waals surface area contributed by atoms with Gasteiger partial charge < -0.3 is 10.6 Å². The van der Waals surface area contributed by atoms with E-state index >= 15 is 0 Å². The van der Waals surface area contributed by atoms with Crippen LogP contribution in [0.1, 0.15) is 59.8 Å². The molecule has 1 rings (SSSR count). The molecular weight excluding hydrogens is 250 g/mol. The smallest absolute Gasteiger partial charge is 0.234 e. The van der Waals surface area contributed by atoms with Gasteiger partial charge in [0.2, 0.25) is 5.91 Å². The first-order valence-corrected chi connectivity index (χ1v) is 8.26. The normalized spacial score (nSPS) is 17.1. The molecule has 4 nitrogen and oxygen atoms in total. The van der Waals surface area contributed by atoms with Crippen LogP contribution in [-0.2, 0) is 4.79 Å². The second-order valence-electron chi connectivity index (χ2n) is 6.50. The Bertz CT molecular complexity index is 265. The summed E-state index contributed by atoms with van der Waals surface area (Å²) in [5.41, 5.74) is 0. The van der Waals surface area contributed by atoms with Crippen molar-refractivity contribution in [2.45, 2.75) is 77.9 Å². The van der Waals surface area contributed by atoms with Crippen LogP contribution in [0.15, 0.2) is 0 Å². The minimum Gasteiger partial charge on any atom is -0.352 e. The lowest BCUT2D eigenvalue weighted by atomic mass is 9.95. The van der Waals surface area contributed by atoms with Gasteiger partial charge in [0.05, 0.1) is 6.54 Å². The van der Waals surface area contributed by atoms with E-state index in [4.69, 9.17) is 0 Å². The molecule has 0 spiro atoms. The second-order valence-corrected chi connectivity index (χ2v) is 6.50. The number of nitrogens with one attached hydrogen (secondary N) is 2. The maximum absolute atomic E-state index is 11.8. The SMILES string of the molecule is CC(C)N(CCNCC(=O)NC1CCCCC1)C(C)C. The second kappa shape index (κ2) is 9.35. The maximum atomic E-state index is 11.8. The lowest BCUT2D eigenvalue weighted by molar-refractivity contribution is -0.121. The number of hydrogen-bond donors (Lipinski definition) is 2. The molecule has 0 aromatic carbocycles. The third kappa shape index (κ3) is 6.71. The zero-order chi connectivity index (χ0) is 15.0. The van der Waals surface area contributed by atoms with Crippen LogP contribution in [0, 0.1) is 0 Å². The summed E-state index contributed by atoms with van der Waals surface area (Å²) in [7, 11) is 0. The summed E-state index contributed by atoms with van der Waals surface area (Å²) < 4.78 is 0. The first-order valence-electron chi connectivity index (χ1n) is 8.26. The van der Waals surface area contributed by atoms with Gasteiger partial charge in [-0.1, -0.05) is 19.3 Å². The Balaban J connectivity index is 2.11. The predicted octanol–water partition coefficient (Wildman–Crippen LogP) is 2.14. The van der Waals surface area contributed by atoms with Gasteiger partial charge in [0, 0.05) is 31.2 Å². The van der Waals surface area contributed by atoms with E-state index < -0.39 is 0 Å². The molecule has 0 saturated heterocycles. The quantitative estimate of drug-likeness (QED) is 0.671. The highest BCUT2D eigenvalue weighted by molar-refractivity contribution is 5.78. The Morgan fingerprint density at radius 1 is 1.10 bits per heavy atom. The van der Waals surface area contributed by atoms with Crippen molar-refractivity contribution in [2.24, 2.45) is 0 Å². The van der Waals surface area contributed by atoms with Crippen LogP contribution >= 0.6 is 0 Å². The van der Waals surface area contributed by atoms with E-state index in [1.165, 1.54) is 19.3 Å². The molecule has 0 unspecified atom stereocenters. The van der Waals surface area contributed by atoms with Crippen molar-refractivity contribution in [3.05, 3.63) is 0 Å². The molecule has 1 amide bonds. The summed E-state index contributed by atoms with van der Waals surface area (Å²) >= 11 is 0. The zero-order valence-corrected chi connectivity index (χ0v) is 13.7. The average molecular weight is 283 g/mol. The lowest BCUT2D eigenvalue weighted by Crippen LogP contribution is -2.45. The Hall–Kier alpha value is -0.610. The summed E-state index contributed by atoms with van der Waals surface area (Å²) in [6.07, 6.45) is 6.15. The summed E-state index contributed by atoms with van der Waals surface area (Å²) in [6, 6.07) is 1.52. The van der Waals surface area contributed by atoms with E-state index in [1.807, 2.05) is 0 Å². The van der Waals surface area contributed by atoms with Crippen molar-refractivity contribution < 1.29 is 4.79 Å². The van der Waals surface area contributed by atoms with Gasteiger partial charge in [0.25, 0.3) is 0 Å². The van der Waals surface area contributed by atoms with Crippen molar-refractivity contribution in [1.29, 1.82) is 0 Å². The van der Waals surface area contributed by atoms with Crippen molar-refractivity contribution in [3.8, 4) is 0 Å². The van der Waals surface area contributed by atoms with Crippen LogP contribution in [0.2, 0.25) is 0 Å². The van der Waals surface area contributed by atoms with E-state index in [0.29, 0.717) is 24.7 Å². The van der Waals surface area contributed by atoms with Crippen molar-refractivity contribution in [3.63, 3.8) is 0 Å². The number of carbonyl (C=O) groups excluding carboxylic acids is 1. The van der Waals surface area contributed by atoms with E-state index in [-0.39, 0.29) is 5.91 Å². The average Bonchev–Trinajstić information content (AvgIpc) is 2.38. The highest BCUT2D eigenvalue weighted by Crippen LogP contribution is 2.17. The minimum atomic E-state index is 0.151. The first-order chi connectivity index (χ1) is 9.50. The number of rotatable bonds is 8. The fraction of sp³-hybridized carbons (Fsp3) is 0.938. The first kappa shape index (κ1) is 17.4.